The van der Waals surface area contributed by atoms with Crippen molar-refractivity contribution in [1.29, 1.82) is 0 Å². The van der Waals surface area contributed by atoms with E-state index in [4.69, 9.17) is 16.3 Å². The van der Waals surface area contributed by atoms with E-state index in [9.17, 15) is 9.59 Å². The molecule has 0 aromatic heterocycles. The Morgan fingerprint density at radius 1 is 1.17 bits per heavy atom. The van der Waals surface area contributed by atoms with Gasteiger partial charge in [-0.05, 0) is 49.2 Å². The van der Waals surface area contributed by atoms with E-state index in [2.05, 4.69) is 15.9 Å². The lowest BCUT2D eigenvalue weighted by Crippen LogP contribution is -2.15. The van der Waals surface area contributed by atoms with Crippen LogP contribution < -0.4 is 0 Å². The Hall–Kier alpha value is -1.30. The number of hydrogen-bond acceptors (Lipinski definition) is 4. The van der Waals surface area contributed by atoms with Crippen LogP contribution in [0.5, 0.6) is 0 Å². The van der Waals surface area contributed by atoms with Gasteiger partial charge in [-0.15, -0.1) is 11.8 Å². The van der Waals surface area contributed by atoms with Gasteiger partial charge in [0.1, 0.15) is 0 Å². The Labute approximate surface area is 158 Å². The molecule has 0 radical (unpaired) electrons. The lowest BCUT2D eigenvalue weighted by Gasteiger charge is -2.09. The third kappa shape index (κ3) is 5.10. The molecule has 0 unspecified atom stereocenters. The molecule has 24 heavy (non-hydrogen) atoms. The summed E-state index contributed by atoms with van der Waals surface area (Å²) in [6, 6.07) is 10.7. The number of carbonyl (C=O) groups excluding carboxylic acids is 2. The highest BCUT2D eigenvalue weighted by molar-refractivity contribution is 9.10. The van der Waals surface area contributed by atoms with E-state index >= 15 is 0 Å². The minimum atomic E-state index is -0.430. The number of ether oxygens (including phenoxy) is 1. The van der Waals surface area contributed by atoms with Gasteiger partial charge in [0.25, 0.3) is 0 Å². The van der Waals surface area contributed by atoms with Crippen LogP contribution in [0.15, 0.2) is 45.8 Å². The number of esters is 1. The quantitative estimate of drug-likeness (QED) is 0.359. The highest BCUT2D eigenvalue weighted by atomic mass is 79.9. The molecule has 0 bridgehead atoms. The predicted octanol–water partition coefficient (Wildman–Crippen LogP) is 5.24. The van der Waals surface area contributed by atoms with Gasteiger partial charge in [-0.25, -0.2) is 0 Å². The molecule has 0 saturated carbocycles. The van der Waals surface area contributed by atoms with E-state index in [0.29, 0.717) is 10.6 Å². The highest BCUT2D eigenvalue weighted by Gasteiger charge is 2.13. The van der Waals surface area contributed by atoms with Crippen LogP contribution in [-0.4, -0.2) is 24.1 Å². The van der Waals surface area contributed by atoms with Crippen LogP contribution in [0.4, 0.5) is 0 Å². The summed E-state index contributed by atoms with van der Waals surface area (Å²) < 4.78 is 6.09. The minimum Gasteiger partial charge on any atom is -0.457 e. The van der Waals surface area contributed by atoms with Gasteiger partial charge in [-0.3, -0.25) is 9.59 Å². The molecule has 0 saturated heterocycles. The zero-order chi connectivity index (χ0) is 17.7. The van der Waals surface area contributed by atoms with Crippen LogP contribution in [0.2, 0.25) is 5.02 Å². The van der Waals surface area contributed by atoms with E-state index < -0.39 is 5.97 Å². The molecule has 0 aliphatic heterocycles. The number of carbonyl (C=O) groups is 2. The third-order valence-electron chi connectivity index (χ3n) is 3.34. The van der Waals surface area contributed by atoms with Crippen LogP contribution in [0.3, 0.4) is 0 Å². The molecule has 0 aliphatic rings. The predicted molar refractivity (Wildman–Crippen MR) is 101 cm³/mol. The Bertz CT molecular complexity index is 777. The van der Waals surface area contributed by atoms with E-state index in [0.717, 1.165) is 20.5 Å². The minimum absolute atomic E-state index is 0.151. The smallest absolute Gasteiger partial charge is 0.316 e. The van der Waals surface area contributed by atoms with Gasteiger partial charge in [0, 0.05) is 14.9 Å². The first-order valence-electron chi connectivity index (χ1n) is 7.21. The first kappa shape index (κ1) is 19.0. The summed E-state index contributed by atoms with van der Waals surface area (Å²) in [4.78, 5) is 24.9. The fourth-order valence-electron chi connectivity index (χ4n) is 2.00. The Morgan fingerprint density at radius 3 is 2.58 bits per heavy atom. The number of thioether (sulfide) groups is 1. The van der Waals surface area contributed by atoms with Crippen molar-refractivity contribution in [1.82, 2.24) is 0 Å². The van der Waals surface area contributed by atoms with Gasteiger partial charge in [0.2, 0.25) is 5.78 Å². The Balaban J connectivity index is 1.87. The number of halogens is 2. The highest BCUT2D eigenvalue weighted by Crippen LogP contribution is 2.28. The average Bonchev–Trinajstić information content (AvgIpc) is 2.55. The molecule has 0 heterocycles. The molecule has 2 aromatic rings. The maximum atomic E-state index is 12.0. The van der Waals surface area contributed by atoms with Crippen molar-refractivity contribution in [3.63, 3.8) is 0 Å². The molecule has 3 nitrogen and oxygen atoms in total. The number of hydrogen-bond donors (Lipinski definition) is 0. The first-order valence-corrected chi connectivity index (χ1v) is 9.37. The van der Waals surface area contributed by atoms with Crippen molar-refractivity contribution >= 4 is 51.0 Å². The van der Waals surface area contributed by atoms with Gasteiger partial charge in [0.05, 0.1) is 10.8 Å². The molecule has 126 valence electrons. The molecule has 6 heteroatoms. The molecular formula is C18H16BrClO3S. The fraction of sp³-hybridized carbons (Fsp3) is 0.222. The SMILES string of the molecule is Cc1cc(SCC(=O)OCC(=O)c2ccccc2Cl)c(C)cc1Br. The number of benzene rings is 2. The molecule has 0 N–H and O–H groups in total. The van der Waals surface area contributed by atoms with Crippen LogP contribution >= 0.6 is 39.3 Å². The number of aryl methyl sites for hydroxylation is 2. The third-order valence-corrected chi connectivity index (χ3v) is 5.66. The van der Waals surface area contributed by atoms with E-state index in [1.807, 2.05) is 26.0 Å². The molecule has 0 atom stereocenters. The van der Waals surface area contributed by atoms with Gasteiger partial charge >= 0.3 is 5.97 Å². The van der Waals surface area contributed by atoms with Crippen molar-refractivity contribution in [2.75, 3.05) is 12.4 Å². The van der Waals surface area contributed by atoms with E-state index in [-0.39, 0.29) is 18.1 Å². The molecule has 2 aromatic carbocycles. The summed E-state index contributed by atoms with van der Waals surface area (Å²) in [5.41, 5.74) is 2.54. The number of rotatable bonds is 6. The molecule has 0 aliphatic carbocycles. The Kier molecular flexibility index (Phi) is 6.90. The van der Waals surface area contributed by atoms with Gasteiger partial charge in [-0.2, -0.15) is 0 Å². The maximum absolute atomic E-state index is 12.0. The van der Waals surface area contributed by atoms with Crippen LogP contribution in [0.1, 0.15) is 21.5 Å². The monoisotopic (exact) mass is 426 g/mol. The Morgan fingerprint density at radius 2 is 1.88 bits per heavy atom. The summed E-state index contributed by atoms with van der Waals surface area (Å²) in [6.45, 7) is 3.68. The van der Waals surface area contributed by atoms with Gasteiger partial charge < -0.3 is 4.74 Å². The topological polar surface area (TPSA) is 43.4 Å². The second-order valence-corrected chi connectivity index (χ2v) is 7.50. The van der Waals surface area contributed by atoms with Crippen molar-refractivity contribution in [2.45, 2.75) is 18.7 Å². The van der Waals surface area contributed by atoms with E-state index in [1.54, 1.807) is 24.3 Å². The van der Waals surface area contributed by atoms with Crippen LogP contribution in [0.25, 0.3) is 0 Å². The fourth-order valence-corrected chi connectivity index (χ4v) is 3.60. The maximum Gasteiger partial charge on any atom is 0.316 e. The molecule has 0 fully saturated rings. The molecule has 0 amide bonds. The van der Waals surface area contributed by atoms with Gasteiger partial charge in [-0.1, -0.05) is 39.7 Å². The standard InChI is InChI=1S/C18H16BrClO3S/c1-11-8-17(12(2)7-14(11)19)24-10-18(22)23-9-16(21)13-5-3-4-6-15(13)20/h3-8H,9-10H2,1-2H3. The lowest BCUT2D eigenvalue weighted by molar-refractivity contribution is -0.139. The second kappa shape index (κ2) is 8.70. The van der Waals surface area contributed by atoms with Crippen molar-refractivity contribution in [2.24, 2.45) is 0 Å². The average molecular weight is 428 g/mol. The van der Waals surface area contributed by atoms with Crippen molar-refractivity contribution in [3.05, 3.63) is 62.6 Å². The summed E-state index contributed by atoms with van der Waals surface area (Å²) in [7, 11) is 0. The number of ketones is 1. The summed E-state index contributed by atoms with van der Waals surface area (Å²) in [6.07, 6.45) is 0. The largest absolute Gasteiger partial charge is 0.457 e. The lowest BCUT2D eigenvalue weighted by atomic mass is 10.1. The van der Waals surface area contributed by atoms with Crippen molar-refractivity contribution < 1.29 is 14.3 Å². The normalized spacial score (nSPS) is 10.5. The van der Waals surface area contributed by atoms with E-state index in [1.165, 1.54) is 11.8 Å². The zero-order valence-electron chi connectivity index (χ0n) is 13.3. The second-order valence-electron chi connectivity index (χ2n) is 5.22. The van der Waals surface area contributed by atoms with Gasteiger partial charge in [0.15, 0.2) is 6.61 Å². The molecule has 0 spiro atoms. The summed E-state index contributed by atoms with van der Waals surface area (Å²) >= 11 is 10.8. The number of Topliss-reactive ketones (excluding diaryl/α,β-unsaturated/α-hetero) is 1. The molecular weight excluding hydrogens is 412 g/mol. The summed E-state index contributed by atoms with van der Waals surface area (Å²) in [5, 5.41) is 0.355. The van der Waals surface area contributed by atoms with Crippen LogP contribution in [0, 0.1) is 13.8 Å². The zero-order valence-corrected chi connectivity index (χ0v) is 16.4. The van der Waals surface area contributed by atoms with Crippen LogP contribution in [-0.2, 0) is 9.53 Å². The van der Waals surface area contributed by atoms with Crippen molar-refractivity contribution in [3.8, 4) is 0 Å². The summed E-state index contributed by atoms with van der Waals surface area (Å²) in [5.74, 6) is -0.590. The first-order chi connectivity index (χ1) is 11.4. The molecule has 2 rings (SSSR count).